The normalized spacial score (nSPS) is 11.8. The molecule has 0 unspecified atom stereocenters. The van der Waals surface area contributed by atoms with E-state index in [1.807, 2.05) is 6.07 Å². The summed E-state index contributed by atoms with van der Waals surface area (Å²) in [5.74, 6) is 0.367. The van der Waals surface area contributed by atoms with Gasteiger partial charge < -0.3 is 9.73 Å². The van der Waals surface area contributed by atoms with Gasteiger partial charge in [-0.15, -0.1) is 10.2 Å². The van der Waals surface area contributed by atoms with Gasteiger partial charge in [0.2, 0.25) is 11.8 Å². The Morgan fingerprint density at radius 1 is 1.21 bits per heavy atom. The first-order chi connectivity index (χ1) is 8.96. The van der Waals surface area contributed by atoms with Gasteiger partial charge in [-0.3, -0.25) is 0 Å². The molecule has 102 valence electrons. The number of alkyl halides is 3. The van der Waals surface area contributed by atoms with Gasteiger partial charge in [0.15, 0.2) is 0 Å². The molecule has 0 atom stereocenters. The molecule has 1 aromatic carbocycles. The molecule has 4 nitrogen and oxygen atoms in total. The minimum Gasteiger partial charge on any atom is -0.419 e. The molecule has 0 aliphatic rings. The van der Waals surface area contributed by atoms with Crippen molar-refractivity contribution in [2.45, 2.75) is 12.7 Å². The first kappa shape index (κ1) is 14.0. The first-order valence-corrected chi connectivity index (χ1v) is 6.10. The minimum atomic E-state index is -4.26. The third-order valence-electron chi connectivity index (χ3n) is 2.17. The molecule has 0 spiro atoms. The van der Waals surface area contributed by atoms with Crippen molar-refractivity contribution < 1.29 is 17.6 Å². The monoisotopic (exact) mass is 335 g/mol. The van der Waals surface area contributed by atoms with Crippen molar-refractivity contribution in [3.8, 4) is 11.5 Å². The Hall–Kier alpha value is -1.41. The van der Waals surface area contributed by atoms with E-state index in [1.165, 1.54) is 0 Å². The predicted molar refractivity (Wildman–Crippen MR) is 65.2 cm³/mol. The molecule has 0 saturated heterocycles. The predicted octanol–water partition coefficient (Wildman–Crippen LogP) is 3.15. The van der Waals surface area contributed by atoms with Crippen LogP contribution in [0, 0.1) is 0 Å². The molecule has 2 aromatic rings. The third-order valence-corrected chi connectivity index (χ3v) is 2.86. The number of benzene rings is 1. The zero-order valence-corrected chi connectivity index (χ0v) is 11.1. The topological polar surface area (TPSA) is 51.0 Å². The van der Waals surface area contributed by atoms with E-state index in [1.54, 1.807) is 18.2 Å². The lowest BCUT2D eigenvalue weighted by atomic mass is 10.2. The average molecular weight is 336 g/mol. The van der Waals surface area contributed by atoms with E-state index >= 15 is 0 Å². The molecule has 0 bridgehead atoms. The highest BCUT2D eigenvalue weighted by molar-refractivity contribution is 9.10. The van der Waals surface area contributed by atoms with Crippen LogP contribution in [0.1, 0.15) is 5.89 Å². The summed E-state index contributed by atoms with van der Waals surface area (Å²) in [6.07, 6.45) is -4.26. The van der Waals surface area contributed by atoms with E-state index in [0.717, 1.165) is 4.47 Å². The van der Waals surface area contributed by atoms with E-state index in [-0.39, 0.29) is 18.3 Å². The number of nitrogens with zero attached hydrogens (tertiary/aromatic N) is 2. The second-order valence-electron chi connectivity index (χ2n) is 3.70. The van der Waals surface area contributed by atoms with Crippen molar-refractivity contribution >= 4 is 15.9 Å². The average Bonchev–Trinajstić information content (AvgIpc) is 2.76. The standard InChI is InChI=1S/C11H9BrF3N3O/c12-8-4-2-1-3-7(8)10-18-17-9(19-10)5-16-6-11(13,14)15/h1-4,16H,5-6H2. The molecule has 1 heterocycles. The Morgan fingerprint density at radius 3 is 2.63 bits per heavy atom. The molecule has 0 amide bonds. The molecule has 0 saturated carbocycles. The maximum absolute atomic E-state index is 11.9. The van der Waals surface area contributed by atoms with E-state index in [4.69, 9.17) is 4.42 Å². The first-order valence-electron chi connectivity index (χ1n) is 5.30. The number of rotatable bonds is 4. The minimum absolute atomic E-state index is 0.106. The molecule has 0 aliphatic heterocycles. The number of aromatic nitrogens is 2. The summed E-state index contributed by atoms with van der Waals surface area (Å²) in [6, 6.07) is 7.20. The fourth-order valence-corrected chi connectivity index (χ4v) is 1.83. The van der Waals surface area contributed by atoms with Crippen LogP contribution < -0.4 is 5.32 Å². The van der Waals surface area contributed by atoms with Crippen molar-refractivity contribution in [3.05, 3.63) is 34.6 Å². The van der Waals surface area contributed by atoms with Crippen LogP contribution >= 0.6 is 15.9 Å². The van der Waals surface area contributed by atoms with E-state index in [0.29, 0.717) is 5.56 Å². The van der Waals surface area contributed by atoms with Crippen molar-refractivity contribution in [1.82, 2.24) is 15.5 Å². The summed E-state index contributed by atoms with van der Waals surface area (Å²) in [5.41, 5.74) is 0.692. The van der Waals surface area contributed by atoms with Gasteiger partial charge in [0, 0.05) is 4.47 Å². The molecule has 0 aliphatic carbocycles. The lowest BCUT2D eigenvalue weighted by Gasteiger charge is -2.05. The highest BCUT2D eigenvalue weighted by atomic mass is 79.9. The van der Waals surface area contributed by atoms with Crippen LogP contribution in [0.15, 0.2) is 33.2 Å². The molecule has 19 heavy (non-hydrogen) atoms. The zero-order valence-electron chi connectivity index (χ0n) is 9.54. The van der Waals surface area contributed by atoms with E-state index < -0.39 is 12.7 Å². The van der Waals surface area contributed by atoms with Crippen molar-refractivity contribution in [2.24, 2.45) is 0 Å². The molecule has 0 radical (unpaired) electrons. The summed E-state index contributed by atoms with van der Waals surface area (Å²) < 4.78 is 41.9. The molecule has 0 fully saturated rings. The second kappa shape index (κ2) is 5.70. The highest BCUT2D eigenvalue weighted by Crippen LogP contribution is 2.26. The maximum Gasteiger partial charge on any atom is 0.401 e. The third kappa shape index (κ3) is 4.03. The van der Waals surface area contributed by atoms with Gasteiger partial charge in [-0.25, -0.2) is 0 Å². The van der Waals surface area contributed by atoms with Gasteiger partial charge in [0.25, 0.3) is 0 Å². The van der Waals surface area contributed by atoms with Gasteiger partial charge in [0.1, 0.15) is 0 Å². The number of halogens is 4. The van der Waals surface area contributed by atoms with Gasteiger partial charge >= 0.3 is 6.18 Å². The van der Waals surface area contributed by atoms with Crippen LogP contribution in [-0.4, -0.2) is 22.9 Å². The number of hydrogen-bond acceptors (Lipinski definition) is 4. The Kier molecular flexibility index (Phi) is 4.20. The van der Waals surface area contributed by atoms with Gasteiger partial charge in [-0.05, 0) is 28.1 Å². The quantitative estimate of drug-likeness (QED) is 0.932. The highest BCUT2D eigenvalue weighted by Gasteiger charge is 2.26. The summed E-state index contributed by atoms with van der Waals surface area (Å²) in [5, 5.41) is 9.67. The Labute approximate surface area is 115 Å². The molecule has 1 aromatic heterocycles. The lowest BCUT2D eigenvalue weighted by molar-refractivity contribution is -0.125. The van der Waals surface area contributed by atoms with Crippen LogP contribution in [0.5, 0.6) is 0 Å². The summed E-state index contributed by atoms with van der Waals surface area (Å²) in [4.78, 5) is 0. The molecule has 1 N–H and O–H groups in total. The Balaban J connectivity index is 2.02. The van der Waals surface area contributed by atoms with Gasteiger partial charge in [-0.2, -0.15) is 13.2 Å². The number of hydrogen-bond donors (Lipinski definition) is 1. The fourth-order valence-electron chi connectivity index (χ4n) is 1.38. The summed E-state index contributed by atoms with van der Waals surface area (Å²) in [7, 11) is 0. The maximum atomic E-state index is 11.9. The van der Waals surface area contributed by atoms with Crippen molar-refractivity contribution in [3.63, 3.8) is 0 Å². The van der Waals surface area contributed by atoms with E-state index in [9.17, 15) is 13.2 Å². The van der Waals surface area contributed by atoms with Crippen LogP contribution in [0.3, 0.4) is 0 Å². The van der Waals surface area contributed by atoms with E-state index in [2.05, 4.69) is 31.4 Å². The largest absolute Gasteiger partial charge is 0.419 e. The van der Waals surface area contributed by atoms with Gasteiger partial charge in [-0.1, -0.05) is 12.1 Å². The molecule has 2 rings (SSSR count). The molecule has 8 heteroatoms. The van der Waals surface area contributed by atoms with Crippen molar-refractivity contribution in [2.75, 3.05) is 6.54 Å². The van der Waals surface area contributed by atoms with Crippen LogP contribution in [0.25, 0.3) is 11.5 Å². The SMILES string of the molecule is FC(F)(F)CNCc1nnc(-c2ccccc2Br)o1. The Bertz CT molecular complexity index is 556. The molecular formula is C11H9BrF3N3O. The van der Waals surface area contributed by atoms with Crippen LogP contribution in [0.4, 0.5) is 13.2 Å². The second-order valence-corrected chi connectivity index (χ2v) is 4.55. The molecular weight excluding hydrogens is 327 g/mol. The zero-order chi connectivity index (χ0) is 13.9. The smallest absolute Gasteiger partial charge is 0.401 e. The summed E-state index contributed by atoms with van der Waals surface area (Å²) >= 11 is 3.33. The lowest BCUT2D eigenvalue weighted by Crippen LogP contribution is -2.28. The summed E-state index contributed by atoms with van der Waals surface area (Å²) in [6.45, 7) is -1.23. The Morgan fingerprint density at radius 2 is 1.95 bits per heavy atom. The van der Waals surface area contributed by atoms with Crippen LogP contribution in [0.2, 0.25) is 0 Å². The number of nitrogens with one attached hydrogen (secondary N) is 1. The van der Waals surface area contributed by atoms with Crippen molar-refractivity contribution in [1.29, 1.82) is 0 Å². The van der Waals surface area contributed by atoms with Crippen LogP contribution in [-0.2, 0) is 6.54 Å². The fraction of sp³-hybridized carbons (Fsp3) is 0.273. The van der Waals surface area contributed by atoms with Gasteiger partial charge in [0.05, 0.1) is 18.7 Å².